The number of hydrogen-bond acceptors (Lipinski definition) is 2. The van der Waals surface area contributed by atoms with Crippen LogP contribution in [0.1, 0.15) is 38.5 Å². The summed E-state index contributed by atoms with van der Waals surface area (Å²) in [5, 5.41) is 3.33. The summed E-state index contributed by atoms with van der Waals surface area (Å²) < 4.78 is 0. The molecule has 1 saturated heterocycles. The molecule has 0 radical (unpaired) electrons. The summed E-state index contributed by atoms with van der Waals surface area (Å²) in [7, 11) is 1.99. The van der Waals surface area contributed by atoms with Gasteiger partial charge in [0.1, 0.15) is 0 Å². The molecule has 3 heteroatoms. The maximum atomic E-state index is 12.3. The zero-order valence-electron chi connectivity index (χ0n) is 10.8. The molecule has 1 N–H and O–H groups in total. The maximum absolute atomic E-state index is 12.3. The lowest BCUT2D eigenvalue weighted by molar-refractivity contribution is -0.133. The summed E-state index contributed by atoms with van der Waals surface area (Å²) in [5.74, 6) is 2.92. The zero-order chi connectivity index (χ0) is 11.8. The monoisotopic (exact) mass is 236 g/mol. The molecule has 3 fully saturated rings. The van der Waals surface area contributed by atoms with Gasteiger partial charge in [-0.3, -0.25) is 4.79 Å². The molecule has 2 aliphatic carbocycles. The number of fused-ring (bicyclic) bond motifs is 2. The fraction of sp³-hybridized carbons (Fsp3) is 0.929. The molecule has 1 aliphatic heterocycles. The molecule has 1 heterocycles. The zero-order valence-corrected chi connectivity index (χ0v) is 10.8. The van der Waals surface area contributed by atoms with E-state index in [-0.39, 0.29) is 0 Å². The van der Waals surface area contributed by atoms with Crippen LogP contribution in [0, 0.1) is 17.8 Å². The van der Waals surface area contributed by atoms with Crippen LogP contribution in [0.3, 0.4) is 0 Å². The van der Waals surface area contributed by atoms with Gasteiger partial charge in [-0.15, -0.1) is 0 Å². The van der Waals surface area contributed by atoms with Crippen LogP contribution in [0.15, 0.2) is 0 Å². The molecule has 0 aromatic carbocycles. The smallest absolute Gasteiger partial charge is 0.222 e. The van der Waals surface area contributed by atoms with Gasteiger partial charge in [-0.1, -0.05) is 6.42 Å². The highest BCUT2D eigenvalue weighted by atomic mass is 16.2. The van der Waals surface area contributed by atoms with Crippen molar-refractivity contribution in [3.8, 4) is 0 Å². The SMILES string of the molecule is CN(C(=O)CC1CC2CCC1C2)C1CCNC1. The number of amides is 1. The third-order valence-corrected chi connectivity index (χ3v) is 5.30. The van der Waals surface area contributed by atoms with Gasteiger partial charge < -0.3 is 10.2 Å². The minimum absolute atomic E-state index is 0.385. The second-order valence-electron chi connectivity index (χ2n) is 6.29. The van der Waals surface area contributed by atoms with Crippen molar-refractivity contribution in [2.24, 2.45) is 17.8 Å². The van der Waals surface area contributed by atoms with E-state index in [0.717, 1.165) is 37.8 Å². The van der Waals surface area contributed by atoms with E-state index in [2.05, 4.69) is 5.32 Å². The average molecular weight is 236 g/mol. The number of nitrogens with zero attached hydrogens (tertiary/aromatic N) is 1. The molecule has 17 heavy (non-hydrogen) atoms. The van der Waals surface area contributed by atoms with Gasteiger partial charge in [0.2, 0.25) is 5.91 Å². The van der Waals surface area contributed by atoms with Crippen molar-refractivity contribution in [3.63, 3.8) is 0 Å². The highest BCUT2D eigenvalue weighted by molar-refractivity contribution is 5.76. The molecule has 2 bridgehead atoms. The molecule has 96 valence electrons. The molecule has 4 atom stereocenters. The fourth-order valence-corrected chi connectivity index (χ4v) is 4.17. The van der Waals surface area contributed by atoms with Crippen LogP contribution in [0.2, 0.25) is 0 Å². The van der Waals surface area contributed by atoms with Gasteiger partial charge in [-0.05, 0) is 50.0 Å². The van der Waals surface area contributed by atoms with Crippen LogP contribution in [0.25, 0.3) is 0 Å². The Hall–Kier alpha value is -0.570. The van der Waals surface area contributed by atoms with Gasteiger partial charge in [0.25, 0.3) is 0 Å². The first-order chi connectivity index (χ1) is 8.24. The summed E-state index contributed by atoms with van der Waals surface area (Å²) in [6.45, 7) is 2.05. The van der Waals surface area contributed by atoms with Gasteiger partial charge >= 0.3 is 0 Å². The topological polar surface area (TPSA) is 32.3 Å². The Labute approximate surface area is 104 Å². The Morgan fingerprint density at radius 1 is 1.29 bits per heavy atom. The molecule has 2 saturated carbocycles. The van der Waals surface area contributed by atoms with E-state index in [4.69, 9.17) is 0 Å². The normalized spacial score (nSPS) is 39.8. The number of rotatable bonds is 3. The van der Waals surface area contributed by atoms with E-state index >= 15 is 0 Å². The van der Waals surface area contributed by atoms with Crippen molar-refractivity contribution >= 4 is 5.91 Å². The average Bonchev–Trinajstić information content (AvgIpc) is 3.04. The van der Waals surface area contributed by atoms with Crippen molar-refractivity contribution in [2.75, 3.05) is 20.1 Å². The predicted molar refractivity (Wildman–Crippen MR) is 67.6 cm³/mol. The third-order valence-electron chi connectivity index (χ3n) is 5.30. The van der Waals surface area contributed by atoms with E-state index in [9.17, 15) is 4.79 Å². The van der Waals surface area contributed by atoms with Crippen LogP contribution in [0.4, 0.5) is 0 Å². The Kier molecular flexibility index (Phi) is 3.12. The summed E-state index contributed by atoms with van der Waals surface area (Å²) in [5.41, 5.74) is 0. The van der Waals surface area contributed by atoms with E-state index in [0.29, 0.717) is 17.9 Å². The summed E-state index contributed by atoms with van der Waals surface area (Å²) in [6.07, 6.45) is 7.49. The quantitative estimate of drug-likeness (QED) is 0.808. The van der Waals surface area contributed by atoms with Crippen molar-refractivity contribution in [1.29, 1.82) is 0 Å². The number of carbonyl (C=O) groups is 1. The van der Waals surface area contributed by atoms with E-state index in [1.165, 1.54) is 25.7 Å². The minimum Gasteiger partial charge on any atom is -0.341 e. The minimum atomic E-state index is 0.385. The Balaban J connectivity index is 1.52. The van der Waals surface area contributed by atoms with Gasteiger partial charge in [-0.25, -0.2) is 0 Å². The summed E-state index contributed by atoms with van der Waals surface area (Å²) >= 11 is 0. The Morgan fingerprint density at radius 2 is 2.18 bits per heavy atom. The standard InChI is InChI=1S/C14H24N2O/c1-16(13-4-5-15-9-13)14(17)8-12-7-10-2-3-11(12)6-10/h10-13,15H,2-9H2,1H3. The summed E-state index contributed by atoms with van der Waals surface area (Å²) in [6, 6.07) is 0.445. The molecule has 0 aromatic heterocycles. The van der Waals surface area contributed by atoms with E-state index in [1.54, 1.807) is 0 Å². The molecular formula is C14H24N2O. The van der Waals surface area contributed by atoms with E-state index in [1.807, 2.05) is 11.9 Å². The number of likely N-dealkylation sites (N-methyl/N-ethyl adjacent to an activating group) is 1. The first-order valence-electron chi connectivity index (χ1n) is 7.20. The highest BCUT2D eigenvalue weighted by Gasteiger charge is 2.40. The first kappa shape index (κ1) is 11.5. The van der Waals surface area contributed by atoms with Crippen LogP contribution in [-0.4, -0.2) is 37.0 Å². The molecule has 3 rings (SSSR count). The van der Waals surface area contributed by atoms with Crippen LogP contribution in [0.5, 0.6) is 0 Å². The molecular weight excluding hydrogens is 212 g/mol. The Morgan fingerprint density at radius 3 is 2.76 bits per heavy atom. The lowest BCUT2D eigenvalue weighted by Gasteiger charge is -2.27. The third kappa shape index (κ3) is 2.22. The molecule has 0 aromatic rings. The van der Waals surface area contributed by atoms with Crippen molar-refractivity contribution in [1.82, 2.24) is 10.2 Å². The van der Waals surface area contributed by atoms with Gasteiger partial charge in [0.15, 0.2) is 0 Å². The lowest BCUT2D eigenvalue weighted by atomic mass is 9.86. The molecule has 0 spiro atoms. The predicted octanol–water partition coefficient (Wildman–Crippen LogP) is 1.63. The Bertz CT molecular complexity index is 299. The first-order valence-corrected chi connectivity index (χ1v) is 7.20. The molecule has 1 amide bonds. The van der Waals surface area contributed by atoms with Crippen molar-refractivity contribution < 1.29 is 4.79 Å². The number of carbonyl (C=O) groups excluding carboxylic acids is 1. The molecule has 4 unspecified atom stereocenters. The van der Waals surface area contributed by atoms with Crippen LogP contribution in [-0.2, 0) is 4.79 Å². The second kappa shape index (κ2) is 4.60. The van der Waals surface area contributed by atoms with Crippen molar-refractivity contribution in [2.45, 2.75) is 44.6 Å². The number of nitrogens with one attached hydrogen (secondary N) is 1. The van der Waals surface area contributed by atoms with Crippen LogP contribution >= 0.6 is 0 Å². The highest BCUT2D eigenvalue weighted by Crippen LogP contribution is 2.49. The number of hydrogen-bond donors (Lipinski definition) is 1. The van der Waals surface area contributed by atoms with Gasteiger partial charge in [0, 0.05) is 26.1 Å². The lowest BCUT2D eigenvalue weighted by Crippen LogP contribution is -2.39. The molecule has 3 nitrogen and oxygen atoms in total. The summed E-state index contributed by atoms with van der Waals surface area (Å²) in [4.78, 5) is 14.3. The largest absolute Gasteiger partial charge is 0.341 e. The van der Waals surface area contributed by atoms with Gasteiger partial charge in [0.05, 0.1) is 0 Å². The molecule has 3 aliphatic rings. The maximum Gasteiger partial charge on any atom is 0.222 e. The van der Waals surface area contributed by atoms with Gasteiger partial charge in [-0.2, -0.15) is 0 Å². The van der Waals surface area contributed by atoms with Crippen LogP contribution < -0.4 is 5.32 Å². The second-order valence-corrected chi connectivity index (χ2v) is 6.29. The van der Waals surface area contributed by atoms with E-state index < -0.39 is 0 Å². The fourth-order valence-electron chi connectivity index (χ4n) is 4.17. The van der Waals surface area contributed by atoms with Crippen molar-refractivity contribution in [3.05, 3.63) is 0 Å².